The molecule has 18 heavy (non-hydrogen) atoms. The Kier molecular flexibility index (Phi) is 6.05. The van der Waals surface area contributed by atoms with E-state index in [9.17, 15) is 4.79 Å². The Balaban J connectivity index is 2.39. The fourth-order valence-electron chi connectivity index (χ4n) is 2.43. The van der Waals surface area contributed by atoms with Gasteiger partial charge >= 0.3 is 0 Å². The number of ether oxygens (including phenoxy) is 1. The van der Waals surface area contributed by atoms with E-state index in [1.54, 1.807) is 7.05 Å². The minimum Gasteiger partial charge on any atom is -0.379 e. The minimum absolute atomic E-state index is 0.107. The molecule has 0 aromatic heterocycles. The molecule has 1 aliphatic heterocycles. The van der Waals surface area contributed by atoms with Crippen LogP contribution in [0.1, 0.15) is 13.8 Å². The Morgan fingerprint density at radius 2 is 2.00 bits per heavy atom. The van der Waals surface area contributed by atoms with Crippen molar-refractivity contribution in [3.63, 3.8) is 0 Å². The molecule has 0 saturated carbocycles. The second-order valence-electron chi connectivity index (χ2n) is 5.83. The third kappa shape index (κ3) is 5.33. The van der Waals surface area contributed by atoms with Crippen molar-refractivity contribution in [3.8, 4) is 0 Å². The summed E-state index contributed by atoms with van der Waals surface area (Å²) in [6, 6.07) is 0. The van der Waals surface area contributed by atoms with Crippen molar-refractivity contribution >= 4 is 5.91 Å². The van der Waals surface area contributed by atoms with E-state index in [4.69, 9.17) is 4.74 Å². The van der Waals surface area contributed by atoms with Gasteiger partial charge in [-0.05, 0) is 12.5 Å². The molecular formula is C13H27N3O2. The van der Waals surface area contributed by atoms with Crippen molar-refractivity contribution in [2.75, 3.05) is 60.0 Å². The Hall–Kier alpha value is -0.650. The lowest BCUT2D eigenvalue weighted by Crippen LogP contribution is -2.47. The summed E-state index contributed by atoms with van der Waals surface area (Å²) >= 11 is 0. The van der Waals surface area contributed by atoms with Crippen LogP contribution in [0, 0.1) is 5.41 Å². The fourth-order valence-corrected chi connectivity index (χ4v) is 2.43. The van der Waals surface area contributed by atoms with Gasteiger partial charge in [0.2, 0.25) is 5.91 Å². The average Bonchev–Trinajstić information content (AvgIpc) is 2.29. The number of hydrogen-bond donors (Lipinski definition) is 1. The minimum atomic E-state index is 0.107. The third-order valence-electron chi connectivity index (χ3n) is 3.17. The van der Waals surface area contributed by atoms with Crippen LogP contribution in [-0.4, -0.2) is 75.7 Å². The summed E-state index contributed by atoms with van der Waals surface area (Å²) in [6.07, 6.45) is 0. The highest BCUT2D eigenvalue weighted by molar-refractivity contribution is 5.77. The van der Waals surface area contributed by atoms with Crippen LogP contribution in [0.15, 0.2) is 0 Å². The molecule has 0 aromatic carbocycles. The Labute approximate surface area is 110 Å². The first-order valence-electron chi connectivity index (χ1n) is 6.63. The monoisotopic (exact) mass is 257 g/mol. The van der Waals surface area contributed by atoms with Crippen LogP contribution in [0.5, 0.6) is 0 Å². The summed E-state index contributed by atoms with van der Waals surface area (Å²) < 4.78 is 5.35. The number of rotatable bonds is 6. The van der Waals surface area contributed by atoms with Gasteiger partial charge in [-0.15, -0.1) is 0 Å². The molecule has 106 valence electrons. The molecule has 0 aliphatic carbocycles. The second kappa shape index (κ2) is 7.07. The summed E-state index contributed by atoms with van der Waals surface area (Å²) in [5, 5.41) is 2.90. The molecule has 1 saturated heterocycles. The van der Waals surface area contributed by atoms with Crippen molar-refractivity contribution in [1.29, 1.82) is 0 Å². The van der Waals surface area contributed by atoms with Gasteiger partial charge in [-0.25, -0.2) is 0 Å². The number of nitrogens with zero attached hydrogens (tertiary/aromatic N) is 2. The molecule has 1 aliphatic rings. The van der Waals surface area contributed by atoms with Crippen molar-refractivity contribution in [1.82, 2.24) is 15.1 Å². The predicted octanol–water partition coefficient (Wildman–Crippen LogP) is 0.0226. The number of nitrogens with one attached hydrogen (secondary N) is 1. The molecule has 5 heteroatoms. The van der Waals surface area contributed by atoms with Gasteiger partial charge in [-0.3, -0.25) is 9.69 Å². The van der Waals surface area contributed by atoms with Crippen molar-refractivity contribution in [2.24, 2.45) is 5.41 Å². The van der Waals surface area contributed by atoms with Crippen LogP contribution < -0.4 is 5.32 Å². The Bertz CT molecular complexity index is 263. The highest BCUT2D eigenvalue weighted by Gasteiger charge is 2.26. The van der Waals surface area contributed by atoms with E-state index < -0.39 is 0 Å². The van der Waals surface area contributed by atoms with E-state index in [1.165, 1.54) is 0 Å². The number of likely N-dealkylation sites (N-methyl/N-ethyl adjacent to an activating group) is 2. The molecule has 0 bridgehead atoms. The molecule has 0 unspecified atom stereocenters. The zero-order chi connectivity index (χ0) is 13.6. The molecule has 1 heterocycles. The topological polar surface area (TPSA) is 44.8 Å². The smallest absolute Gasteiger partial charge is 0.236 e. The first-order chi connectivity index (χ1) is 8.44. The lowest BCUT2D eigenvalue weighted by Gasteiger charge is -2.37. The van der Waals surface area contributed by atoms with Crippen molar-refractivity contribution in [2.45, 2.75) is 13.8 Å². The molecule has 0 atom stereocenters. The predicted molar refractivity (Wildman–Crippen MR) is 72.6 cm³/mol. The molecule has 1 fully saturated rings. The standard InChI is InChI=1S/C13H27N3O2/c1-13(2,10-15(4)12(17)9-14-3)11-16-5-7-18-8-6-16/h14H,5-11H2,1-4H3. The van der Waals surface area contributed by atoms with Gasteiger partial charge < -0.3 is 15.0 Å². The van der Waals surface area contributed by atoms with Crippen molar-refractivity contribution < 1.29 is 9.53 Å². The summed E-state index contributed by atoms with van der Waals surface area (Å²) in [6.45, 7) is 10.3. The summed E-state index contributed by atoms with van der Waals surface area (Å²) in [5.41, 5.74) is 0.107. The second-order valence-corrected chi connectivity index (χ2v) is 5.83. The maximum Gasteiger partial charge on any atom is 0.236 e. The normalized spacial score (nSPS) is 17.8. The lowest BCUT2D eigenvalue weighted by atomic mass is 9.91. The average molecular weight is 257 g/mol. The number of morpholine rings is 1. The van der Waals surface area contributed by atoms with E-state index in [0.717, 1.165) is 39.4 Å². The van der Waals surface area contributed by atoms with E-state index in [1.807, 2.05) is 11.9 Å². The van der Waals surface area contributed by atoms with Gasteiger partial charge in [0.25, 0.3) is 0 Å². The van der Waals surface area contributed by atoms with Crippen LogP contribution >= 0.6 is 0 Å². The molecule has 0 spiro atoms. The zero-order valence-corrected chi connectivity index (χ0v) is 12.2. The molecule has 1 rings (SSSR count). The zero-order valence-electron chi connectivity index (χ0n) is 12.2. The Morgan fingerprint density at radius 3 is 2.56 bits per heavy atom. The molecule has 1 amide bonds. The van der Waals surface area contributed by atoms with E-state index in [0.29, 0.717) is 6.54 Å². The van der Waals surface area contributed by atoms with Crippen molar-refractivity contribution in [3.05, 3.63) is 0 Å². The van der Waals surface area contributed by atoms with Crippen LogP contribution in [0.4, 0.5) is 0 Å². The van der Waals surface area contributed by atoms with Gasteiger partial charge in [0.05, 0.1) is 19.8 Å². The summed E-state index contributed by atoms with van der Waals surface area (Å²) in [7, 11) is 3.67. The van der Waals surface area contributed by atoms with Gasteiger partial charge in [-0.2, -0.15) is 0 Å². The summed E-state index contributed by atoms with van der Waals surface area (Å²) in [5.74, 6) is 0.146. The first kappa shape index (κ1) is 15.4. The highest BCUT2D eigenvalue weighted by atomic mass is 16.5. The maximum absolute atomic E-state index is 11.7. The summed E-state index contributed by atoms with van der Waals surface area (Å²) in [4.78, 5) is 16.0. The van der Waals surface area contributed by atoms with Crippen LogP contribution in [0.2, 0.25) is 0 Å². The molecule has 1 N–H and O–H groups in total. The first-order valence-corrected chi connectivity index (χ1v) is 6.63. The molecule has 0 aromatic rings. The highest BCUT2D eigenvalue weighted by Crippen LogP contribution is 2.19. The van der Waals surface area contributed by atoms with Gasteiger partial charge in [0.15, 0.2) is 0 Å². The largest absolute Gasteiger partial charge is 0.379 e. The van der Waals surface area contributed by atoms with Gasteiger partial charge in [0.1, 0.15) is 0 Å². The van der Waals surface area contributed by atoms with E-state index >= 15 is 0 Å². The van der Waals surface area contributed by atoms with Crippen LogP contribution in [0.25, 0.3) is 0 Å². The molecular weight excluding hydrogens is 230 g/mol. The number of carbonyl (C=O) groups is 1. The number of carbonyl (C=O) groups excluding carboxylic acids is 1. The number of hydrogen-bond acceptors (Lipinski definition) is 4. The molecule has 0 radical (unpaired) electrons. The van der Waals surface area contributed by atoms with Gasteiger partial charge in [-0.1, -0.05) is 13.8 Å². The third-order valence-corrected chi connectivity index (χ3v) is 3.17. The van der Waals surface area contributed by atoms with E-state index in [2.05, 4.69) is 24.1 Å². The SMILES string of the molecule is CNCC(=O)N(C)CC(C)(C)CN1CCOCC1. The van der Waals surface area contributed by atoms with E-state index in [-0.39, 0.29) is 11.3 Å². The number of amides is 1. The fraction of sp³-hybridized carbons (Fsp3) is 0.923. The van der Waals surface area contributed by atoms with Crippen LogP contribution in [-0.2, 0) is 9.53 Å². The quantitative estimate of drug-likeness (QED) is 0.729. The van der Waals surface area contributed by atoms with Crippen LogP contribution in [0.3, 0.4) is 0 Å². The lowest BCUT2D eigenvalue weighted by molar-refractivity contribution is -0.130. The maximum atomic E-state index is 11.7. The molecule has 5 nitrogen and oxygen atoms in total. The van der Waals surface area contributed by atoms with Gasteiger partial charge in [0, 0.05) is 33.2 Å². The Morgan fingerprint density at radius 1 is 1.39 bits per heavy atom.